The molecule has 0 heterocycles. The second-order valence-corrected chi connectivity index (χ2v) is 18.5. The predicted molar refractivity (Wildman–Crippen MR) is 242 cm³/mol. The number of nitrogens with one attached hydrogen (secondary N) is 1. The first-order valence-electron chi connectivity index (χ1n) is 23.5. The summed E-state index contributed by atoms with van der Waals surface area (Å²) in [5, 5.41) is 13.8. The number of phosphoric acid groups is 1. The topological polar surface area (TPSA) is 108 Å². The van der Waals surface area contributed by atoms with E-state index in [1.807, 2.05) is 27.2 Å². The van der Waals surface area contributed by atoms with Crippen LogP contribution in [0.15, 0.2) is 48.6 Å². The lowest BCUT2D eigenvalue weighted by molar-refractivity contribution is -0.870. The van der Waals surface area contributed by atoms with E-state index in [1.54, 1.807) is 6.08 Å². The minimum Gasteiger partial charge on any atom is -0.756 e. The van der Waals surface area contributed by atoms with Crippen molar-refractivity contribution in [3.8, 4) is 0 Å². The number of amides is 1. The molecule has 3 atom stereocenters. The lowest BCUT2D eigenvalue weighted by Crippen LogP contribution is -2.45. The van der Waals surface area contributed by atoms with Crippen LogP contribution in [-0.2, 0) is 18.4 Å². The lowest BCUT2D eigenvalue weighted by Gasteiger charge is -2.29. The Hall–Kier alpha value is -1.54. The van der Waals surface area contributed by atoms with Gasteiger partial charge in [0.15, 0.2) is 0 Å². The van der Waals surface area contributed by atoms with Crippen molar-refractivity contribution in [1.82, 2.24) is 5.32 Å². The van der Waals surface area contributed by atoms with Crippen LogP contribution < -0.4 is 10.2 Å². The molecule has 3 unspecified atom stereocenters. The largest absolute Gasteiger partial charge is 0.756 e. The molecular formula is C48H91N2O6P. The van der Waals surface area contributed by atoms with Crippen LogP contribution in [0.3, 0.4) is 0 Å². The van der Waals surface area contributed by atoms with Crippen LogP contribution in [0.4, 0.5) is 0 Å². The van der Waals surface area contributed by atoms with Gasteiger partial charge in [0.1, 0.15) is 13.2 Å². The van der Waals surface area contributed by atoms with Gasteiger partial charge in [0.2, 0.25) is 5.91 Å². The maximum atomic E-state index is 12.9. The fourth-order valence-corrected chi connectivity index (χ4v) is 7.19. The van der Waals surface area contributed by atoms with E-state index in [9.17, 15) is 19.4 Å². The van der Waals surface area contributed by atoms with E-state index in [0.29, 0.717) is 17.4 Å². The number of carbonyl (C=O) groups excluding carboxylic acids is 1. The average molecular weight is 823 g/mol. The van der Waals surface area contributed by atoms with Crippen molar-refractivity contribution in [3.05, 3.63) is 48.6 Å². The number of quaternary nitrogens is 1. The van der Waals surface area contributed by atoms with Crippen LogP contribution in [0, 0.1) is 0 Å². The molecule has 8 nitrogen and oxygen atoms in total. The van der Waals surface area contributed by atoms with Gasteiger partial charge >= 0.3 is 0 Å². The zero-order chi connectivity index (χ0) is 42.1. The highest BCUT2D eigenvalue weighted by atomic mass is 31.2. The maximum Gasteiger partial charge on any atom is 0.268 e. The summed E-state index contributed by atoms with van der Waals surface area (Å²) in [6.45, 7) is 4.60. The molecule has 0 aliphatic rings. The number of nitrogens with zero attached hydrogens (tertiary/aromatic N) is 1. The van der Waals surface area contributed by atoms with E-state index in [-0.39, 0.29) is 12.5 Å². The summed E-state index contributed by atoms with van der Waals surface area (Å²) in [6.07, 6.45) is 50.2. The van der Waals surface area contributed by atoms with E-state index in [4.69, 9.17) is 9.05 Å². The zero-order valence-corrected chi connectivity index (χ0v) is 38.7. The normalized spacial score (nSPS) is 14.7. The number of allylic oxidation sites excluding steroid dienone is 7. The van der Waals surface area contributed by atoms with Gasteiger partial charge in [0.05, 0.1) is 39.9 Å². The Bertz CT molecular complexity index is 1070. The smallest absolute Gasteiger partial charge is 0.268 e. The standard InChI is InChI=1S/C48H91N2O6P/c1-6-8-10-12-14-16-18-20-22-24-25-26-28-30-32-34-36-38-40-42-48(52)49-46(45-56-57(53,54)55-44-43-50(3,4)5)47(51)41-39-37-35-33-31-29-27-23-21-19-17-15-13-11-9-7-2/h21,23-25,31,33,39,41,46-47,51H,6-20,22,26-30,32,34-38,40,42-45H2,1-5H3,(H-,49,52,53,54)/b23-21+,25-24-,33-31+,41-39+. The van der Waals surface area contributed by atoms with Gasteiger partial charge in [-0.25, -0.2) is 0 Å². The highest BCUT2D eigenvalue weighted by molar-refractivity contribution is 7.45. The van der Waals surface area contributed by atoms with E-state index in [0.717, 1.165) is 44.9 Å². The van der Waals surface area contributed by atoms with E-state index in [2.05, 4.69) is 55.6 Å². The first-order chi connectivity index (χ1) is 27.5. The van der Waals surface area contributed by atoms with Gasteiger partial charge in [-0.2, -0.15) is 0 Å². The second kappa shape index (κ2) is 39.9. The summed E-state index contributed by atoms with van der Waals surface area (Å²) in [6, 6.07) is -0.911. The SMILES string of the molecule is CCCCCCCC/C=C/CC/C=C/CC/C=C/C(O)C(COP(=O)([O-])OCC[N+](C)(C)C)NC(=O)CCCCCCCCC/C=C\CCCCCCCCCC. The molecular weight excluding hydrogens is 732 g/mol. The monoisotopic (exact) mass is 823 g/mol. The highest BCUT2D eigenvalue weighted by Gasteiger charge is 2.23. The fourth-order valence-electron chi connectivity index (χ4n) is 6.47. The van der Waals surface area contributed by atoms with Crippen molar-refractivity contribution in [2.75, 3.05) is 40.9 Å². The maximum absolute atomic E-state index is 12.9. The van der Waals surface area contributed by atoms with Crippen molar-refractivity contribution >= 4 is 13.7 Å². The molecule has 0 rings (SSSR count). The lowest BCUT2D eigenvalue weighted by atomic mass is 10.1. The summed E-state index contributed by atoms with van der Waals surface area (Å²) in [4.78, 5) is 25.3. The van der Waals surface area contributed by atoms with Crippen LogP contribution in [0.1, 0.15) is 200 Å². The van der Waals surface area contributed by atoms with Gasteiger partial charge in [-0.05, 0) is 70.6 Å². The zero-order valence-electron chi connectivity index (χ0n) is 37.8. The Morgan fingerprint density at radius 3 is 1.42 bits per heavy atom. The van der Waals surface area contributed by atoms with Gasteiger partial charge in [-0.15, -0.1) is 0 Å². The first-order valence-corrected chi connectivity index (χ1v) is 25.0. The molecule has 0 radical (unpaired) electrons. The molecule has 0 spiro atoms. The Balaban J connectivity index is 4.45. The summed E-state index contributed by atoms with van der Waals surface area (Å²) < 4.78 is 23.2. The van der Waals surface area contributed by atoms with Crippen molar-refractivity contribution in [1.29, 1.82) is 0 Å². The molecule has 0 aromatic heterocycles. The third kappa shape index (κ3) is 42.4. The van der Waals surface area contributed by atoms with Gasteiger partial charge in [0.25, 0.3) is 7.82 Å². The summed E-state index contributed by atoms with van der Waals surface area (Å²) in [5.74, 6) is -0.217. The molecule has 0 aliphatic carbocycles. The van der Waals surface area contributed by atoms with Crippen molar-refractivity contribution in [2.45, 2.75) is 212 Å². The molecule has 334 valence electrons. The van der Waals surface area contributed by atoms with E-state index >= 15 is 0 Å². The third-order valence-corrected chi connectivity index (χ3v) is 11.2. The quantitative estimate of drug-likeness (QED) is 0.0275. The molecule has 0 aromatic carbocycles. The minimum absolute atomic E-state index is 0.0107. The summed E-state index contributed by atoms with van der Waals surface area (Å²) in [7, 11) is 1.23. The third-order valence-electron chi connectivity index (χ3n) is 10.2. The van der Waals surface area contributed by atoms with Crippen LogP contribution in [0.25, 0.3) is 0 Å². The number of hydrogen-bond acceptors (Lipinski definition) is 6. The van der Waals surface area contributed by atoms with E-state index in [1.165, 1.54) is 135 Å². The Kier molecular flexibility index (Phi) is 38.8. The van der Waals surface area contributed by atoms with Gasteiger partial charge < -0.3 is 28.8 Å². The molecule has 0 aliphatic heterocycles. The number of aliphatic hydroxyl groups excluding tert-OH is 1. The number of rotatable bonds is 42. The Labute approximate surface area is 352 Å². The summed E-state index contributed by atoms with van der Waals surface area (Å²) >= 11 is 0. The molecule has 1 amide bonds. The molecule has 0 fully saturated rings. The number of aliphatic hydroxyl groups is 1. The minimum atomic E-state index is -4.60. The van der Waals surface area contributed by atoms with Gasteiger partial charge in [-0.3, -0.25) is 9.36 Å². The second-order valence-electron chi connectivity index (χ2n) is 17.1. The highest BCUT2D eigenvalue weighted by Crippen LogP contribution is 2.38. The molecule has 57 heavy (non-hydrogen) atoms. The van der Waals surface area contributed by atoms with Crippen LogP contribution in [-0.4, -0.2) is 68.5 Å². The van der Waals surface area contributed by atoms with Crippen LogP contribution in [0.2, 0.25) is 0 Å². The van der Waals surface area contributed by atoms with Gasteiger partial charge in [-0.1, -0.05) is 172 Å². The molecule has 2 N–H and O–H groups in total. The van der Waals surface area contributed by atoms with Crippen molar-refractivity contribution in [3.63, 3.8) is 0 Å². The fraction of sp³-hybridized carbons (Fsp3) is 0.812. The number of phosphoric ester groups is 1. The molecule has 0 aromatic rings. The Morgan fingerprint density at radius 2 is 0.982 bits per heavy atom. The number of unbranched alkanes of at least 4 members (excludes halogenated alkanes) is 23. The van der Waals surface area contributed by atoms with Crippen LogP contribution in [0.5, 0.6) is 0 Å². The Morgan fingerprint density at radius 1 is 0.596 bits per heavy atom. The number of carbonyl (C=O) groups is 1. The van der Waals surface area contributed by atoms with Crippen LogP contribution >= 0.6 is 7.82 Å². The number of likely N-dealkylation sites (N-methyl/N-ethyl adjacent to an activating group) is 1. The molecule has 9 heteroatoms. The molecule has 0 saturated heterocycles. The average Bonchev–Trinajstić information content (AvgIpc) is 3.16. The molecule has 0 saturated carbocycles. The predicted octanol–water partition coefficient (Wildman–Crippen LogP) is 12.6. The number of hydrogen-bond donors (Lipinski definition) is 2. The van der Waals surface area contributed by atoms with E-state index < -0.39 is 26.6 Å². The first kappa shape index (κ1) is 55.5. The molecule has 0 bridgehead atoms. The summed E-state index contributed by atoms with van der Waals surface area (Å²) in [5.41, 5.74) is 0. The van der Waals surface area contributed by atoms with Gasteiger partial charge in [0, 0.05) is 6.42 Å². The van der Waals surface area contributed by atoms with Crippen molar-refractivity contribution in [2.24, 2.45) is 0 Å². The van der Waals surface area contributed by atoms with Crippen molar-refractivity contribution < 1.29 is 32.9 Å².